The fourth-order valence-corrected chi connectivity index (χ4v) is 1.35. The molecule has 0 aromatic rings. The molecule has 94 valence electrons. The van der Waals surface area contributed by atoms with Gasteiger partial charge in [0.05, 0.1) is 19.8 Å². The van der Waals surface area contributed by atoms with Gasteiger partial charge in [-0.25, -0.2) is 4.79 Å². The number of hydrogen-bond acceptors (Lipinski definition) is 4. The molecule has 16 heavy (non-hydrogen) atoms. The van der Waals surface area contributed by atoms with Crippen molar-refractivity contribution < 1.29 is 19.5 Å². The van der Waals surface area contributed by atoms with Gasteiger partial charge in [0.25, 0.3) is 0 Å². The van der Waals surface area contributed by atoms with E-state index in [1.165, 1.54) is 4.90 Å². The minimum atomic E-state index is -0.905. The summed E-state index contributed by atoms with van der Waals surface area (Å²) in [6.45, 7) is 7.52. The van der Waals surface area contributed by atoms with E-state index in [-0.39, 0.29) is 11.6 Å². The van der Waals surface area contributed by atoms with E-state index in [1.807, 2.05) is 20.8 Å². The third kappa shape index (κ3) is 4.78. The van der Waals surface area contributed by atoms with E-state index < -0.39 is 6.09 Å². The molecule has 1 atom stereocenters. The molecule has 0 spiro atoms. The summed E-state index contributed by atoms with van der Waals surface area (Å²) >= 11 is 0. The van der Waals surface area contributed by atoms with Gasteiger partial charge in [-0.15, -0.1) is 0 Å². The number of carbonyl (C=O) groups is 1. The molecule has 1 rings (SSSR count). The smallest absolute Gasteiger partial charge is 0.407 e. The van der Waals surface area contributed by atoms with Crippen molar-refractivity contribution in [3.63, 3.8) is 0 Å². The summed E-state index contributed by atoms with van der Waals surface area (Å²) in [6, 6.07) is 0. The zero-order valence-corrected chi connectivity index (χ0v) is 10.0. The third-order valence-corrected chi connectivity index (χ3v) is 2.06. The van der Waals surface area contributed by atoms with Gasteiger partial charge in [0.15, 0.2) is 0 Å². The van der Waals surface area contributed by atoms with Crippen molar-refractivity contribution in [1.82, 2.24) is 10.4 Å². The highest BCUT2D eigenvalue weighted by molar-refractivity contribution is 5.65. The molecule has 0 aliphatic carbocycles. The second-order valence-electron chi connectivity index (χ2n) is 4.88. The Morgan fingerprint density at radius 1 is 1.62 bits per heavy atom. The molecule has 0 aromatic carbocycles. The van der Waals surface area contributed by atoms with Crippen LogP contribution >= 0.6 is 0 Å². The molecule has 0 radical (unpaired) electrons. The van der Waals surface area contributed by atoms with Crippen LogP contribution in [-0.2, 0) is 9.57 Å². The number of nitrogens with one attached hydrogen (secondary N) is 1. The Morgan fingerprint density at radius 3 is 2.88 bits per heavy atom. The second kappa shape index (κ2) is 5.47. The molecule has 6 nitrogen and oxygen atoms in total. The van der Waals surface area contributed by atoms with Gasteiger partial charge in [-0.3, -0.25) is 4.84 Å². The zero-order valence-electron chi connectivity index (χ0n) is 10.0. The van der Waals surface area contributed by atoms with Gasteiger partial charge in [-0.05, 0) is 20.8 Å². The number of nitrogens with zero attached hydrogens (tertiary/aromatic N) is 1. The van der Waals surface area contributed by atoms with Gasteiger partial charge in [-0.1, -0.05) is 0 Å². The summed E-state index contributed by atoms with van der Waals surface area (Å²) in [7, 11) is 0. The van der Waals surface area contributed by atoms with Crippen LogP contribution in [0.15, 0.2) is 0 Å². The molecule has 0 bridgehead atoms. The highest BCUT2D eigenvalue weighted by Gasteiger charge is 2.24. The molecule has 1 amide bonds. The molecular formula is C10H20N2O4. The summed E-state index contributed by atoms with van der Waals surface area (Å²) in [6.07, 6.45) is -1.10. The molecule has 1 aliphatic heterocycles. The molecule has 1 aliphatic rings. The van der Waals surface area contributed by atoms with Crippen LogP contribution < -0.4 is 5.48 Å². The van der Waals surface area contributed by atoms with E-state index in [9.17, 15) is 4.79 Å². The van der Waals surface area contributed by atoms with E-state index in [0.717, 1.165) is 0 Å². The minimum absolute atomic E-state index is 0.124. The largest absolute Gasteiger partial charge is 0.465 e. The Hall–Kier alpha value is -0.850. The predicted molar refractivity (Wildman–Crippen MR) is 58.2 cm³/mol. The summed E-state index contributed by atoms with van der Waals surface area (Å²) in [4.78, 5) is 17.4. The summed E-state index contributed by atoms with van der Waals surface area (Å²) in [5, 5.41) is 8.82. The van der Waals surface area contributed by atoms with Gasteiger partial charge in [-0.2, -0.15) is 5.48 Å². The number of hydroxylamine groups is 1. The van der Waals surface area contributed by atoms with Crippen LogP contribution in [0.25, 0.3) is 0 Å². The highest BCUT2D eigenvalue weighted by atomic mass is 16.7. The quantitative estimate of drug-likeness (QED) is 0.700. The van der Waals surface area contributed by atoms with Crippen molar-refractivity contribution in [2.75, 3.05) is 26.3 Å². The molecule has 1 heterocycles. The lowest BCUT2D eigenvalue weighted by atomic mass is 10.1. The van der Waals surface area contributed by atoms with E-state index in [1.54, 1.807) is 0 Å². The van der Waals surface area contributed by atoms with E-state index in [4.69, 9.17) is 14.7 Å². The van der Waals surface area contributed by atoms with Crippen LogP contribution in [0.2, 0.25) is 0 Å². The molecule has 0 saturated carbocycles. The standard InChI is InChI=1S/C10H20N2O4/c1-10(2,3)11-16-7-8-6-12(9(13)14)4-5-15-8/h8,11H,4-7H2,1-3H3,(H,13,14). The van der Waals surface area contributed by atoms with Gasteiger partial charge in [0.1, 0.15) is 6.10 Å². The summed E-state index contributed by atoms with van der Waals surface area (Å²) in [5.74, 6) is 0. The van der Waals surface area contributed by atoms with Crippen LogP contribution in [0.1, 0.15) is 20.8 Å². The zero-order chi connectivity index (χ0) is 12.2. The van der Waals surface area contributed by atoms with Gasteiger partial charge in [0, 0.05) is 12.1 Å². The SMILES string of the molecule is CC(C)(C)NOCC1CN(C(=O)O)CCO1. The molecular weight excluding hydrogens is 212 g/mol. The van der Waals surface area contributed by atoms with E-state index >= 15 is 0 Å². The Balaban J connectivity index is 2.24. The maximum absolute atomic E-state index is 10.7. The predicted octanol–water partition coefficient (Wildman–Crippen LogP) is 0.685. The minimum Gasteiger partial charge on any atom is -0.465 e. The van der Waals surface area contributed by atoms with Crippen molar-refractivity contribution in [1.29, 1.82) is 0 Å². The number of amides is 1. The van der Waals surface area contributed by atoms with Crippen LogP contribution in [0.3, 0.4) is 0 Å². The van der Waals surface area contributed by atoms with Crippen LogP contribution in [0.4, 0.5) is 4.79 Å². The first kappa shape index (κ1) is 13.2. The number of ether oxygens (including phenoxy) is 1. The topological polar surface area (TPSA) is 71.0 Å². The molecule has 2 N–H and O–H groups in total. The fourth-order valence-electron chi connectivity index (χ4n) is 1.35. The normalized spacial score (nSPS) is 22.2. The van der Waals surface area contributed by atoms with Crippen molar-refractivity contribution in [2.45, 2.75) is 32.4 Å². The lowest BCUT2D eigenvalue weighted by molar-refractivity contribution is -0.0985. The first-order valence-electron chi connectivity index (χ1n) is 5.37. The fraction of sp³-hybridized carbons (Fsp3) is 0.900. The number of rotatable bonds is 3. The molecule has 1 fully saturated rings. The van der Waals surface area contributed by atoms with Crippen molar-refractivity contribution in [3.8, 4) is 0 Å². The molecule has 1 unspecified atom stereocenters. The Morgan fingerprint density at radius 2 is 2.31 bits per heavy atom. The maximum Gasteiger partial charge on any atom is 0.407 e. The molecule has 0 aromatic heterocycles. The van der Waals surface area contributed by atoms with Crippen LogP contribution in [0.5, 0.6) is 0 Å². The van der Waals surface area contributed by atoms with Gasteiger partial charge >= 0.3 is 6.09 Å². The first-order chi connectivity index (χ1) is 7.38. The van der Waals surface area contributed by atoms with Gasteiger partial charge < -0.3 is 14.7 Å². The van der Waals surface area contributed by atoms with Crippen LogP contribution in [-0.4, -0.2) is 54.0 Å². The Bertz CT molecular complexity index is 239. The maximum atomic E-state index is 10.7. The van der Waals surface area contributed by atoms with E-state index in [2.05, 4.69) is 5.48 Å². The summed E-state index contributed by atoms with van der Waals surface area (Å²) < 4.78 is 5.40. The highest BCUT2D eigenvalue weighted by Crippen LogP contribution is 2.06. The third-order valence-electron chi connectivity index (χ3n) is 2.06. The molecule has 6 heteroatoms. The second-order valence-corrected chi connectivity index (χ2v) is 4.88. The van der Waals surface area contributed by atoms with Gasteiger partial charge in [0.2, 0.25) is 0 Å². The average Bonchev–Trinajstić information content (AvgIpc) is 2.16. The van der Waals surface area contributed by atoms with Crippen molar-refractivity contribution >= 4 is 6.09 Å². The van der Waals surface area contributed by atoms with Crippen molar-refractivity contribution in [2.24, 2.45) is 0 Å². The number of morpholine rings is 1. The Kier molecular flexibility index (Phi) is 4.52. The van der Waals surface area contributed by atoms with Crippen molar-refractivity contribution in [3.05, 3.63) is 0 Å². The first-order valence-corrected chi connectivity index (χ1v) is 5.37. The monoisotopic (exact) mass is 232 g/mol. The Labute approximate surface area is 95.5 Å². The van der Waals surface area contributed by atoms with Crippen LogP contribution in [0, 0.1) is 0 Å². The van der Waals surface area contributed by atoms with E-state index in [0.29, 0.717) is 26.3 Å². The number of hydrogen-bond donors (Lipinski definition) is 2. The number of carboxylic acid groups (broad SMARTS) is 1. The molecule has 1 saturated heterocycles. The lowest BCUT2D eigenvalue weighted by Crippen LogP contribution is -2.48. The lowest BCUT2D eigenvalue weighted by Gasteiger charge is -2.31. The summed E-state index contributed by atoms with van der Waals surface area (Å²) in [5.41, 5.74) is 2.74. The average molecular weight is 232 g/mol.